The monoisotopic (exact) mass is 247 g/mol. The average molecular weight is 247 g/mol. The minimum atomic E-state index is -0.375. The lowest BCUT2D eigenvalue weighted by Gasteiger charge is -2.09. The highest BCUT2D eigenvalue weighted by Crippen LogP contribution is 2.23. The largest absolute Gasteiger partial charge is 0.495 e. The maximum atomic E-state index is 13.3. The van der Waals surface area contributed by atoms with E-state index in [-0.39, 0.29) is 18.2 Å². The van der Waals surface area contributed by atoms with Crippen LogP contribution in [0.5, 0.6) is 11.5 Å². The zero-order valence-corrected chi connectivity index (χ0v) is 10.0. The van der Waals surface area contributed by atoms with E-state index in [0.717, 1.165) is 5.56 Å². The summed E-state index contributed by atoms with van der Waals surface area (Å²) in [6, 6.07) is 11.6. The first kappa shape index (κ1) is 12.2. The Balaban J connectivity index is 2.09. The van der Waals surface area contributed by atoms with Crippen LogP contribution < -0.4 is 15.2 Å². The van der Waals surface area contributed by atoms with Gasteiger partial charge in [-0.15, -0.1) is 0 Å². The highest BCUT2D eigenvalue weighted by Gasteiger charge is 2.04. The molecule has 94 valence electrons. The van der Waals surface area contributed by atoms with Gasteiger partial charge in [-0.3, -0.25) is 0 Å². The van der Waals surface area contributed by atoms with Gasteiger partial charge in [0.1, 0.15) is 12.4 Å². The normalized spacial score (nSPS) is 10.1. The van der Waals surface area contributed by atoms with E-state index in [2.05, 4.69) is 0 Å². The molecular weight excluding hydrogens is 233 g/mol. The van der Waals surface area contributed by atoms with E-state index in [1.807, 2.05) is 6.07 Å². The molecule has 2 aromatic carbocycles. The summed E-state index contributed by atoms with van der Waals surface area (Å²) in [5.41, 5.74) is 7.13. The zero-order valence-electron chi connectivity index (χ0n) is 10.0. The smallest absolute Gasteiger partial charge is 0.165 e. The first-order chi connectivity index (χ1) is 8.70. The van der Waals surface area contributed by atoms with Gasteiger partial charge in [0.15, 0.2) is 11.6 Å². The molecule has 0 radical (unpaired) electrons. The van der Waals surface area contributed by atoms with Gasteiger partial charge >= 0.3 is 0 Å². The molecule has 4 heteroatoms. The minimum Gasteiger partial charge on any atom is -0.495 e. The van der Waals surface area contributed by atoms with E-state index >= 15 is 0 Å². The molecule has 0 saturated carbocycles. The number of rotatable bonds is 4. The number of hydrogen-bond acceptors (Lipinski definition) is 3. The number of hydrogen-bond donors (Lipinski definition) is 1. The van der Waals surface area contributed by atoms with Gasteiger partial charge in [-0.05, 0) is 29.8 Å². The van der Waals surface area contributed by atoms with Crippen LogP contribution in [0.25, 0.3) is 0 Å². The van der Waals surface area contributed by atoms with Crippen LogP contribution in [0.2, 0.25) is 0 Å². The second-order valence-corrected chi connectivity index (χ2v) is 3.80. The highest BCUT2D eigenvalue weighted by atomic mass is 19.1. The Morgan fingerprint density at radius 3 is 2.61 bits per heavy atom. The van der Waals surface area contributed by atoms with E-state index in [4.69, 9.17) is 15.2 Å². The molecule has 2 N–H and O–H groups in total. The molecule has 0 aliphatic heterocycles. The summed E-state index contributed by atoms with van der Waals surface area (Å²) in [4.78, 5) is 0. The quantitative estimate of drug-likeness (QED) is 0.845. The lowest BCUT2D eigenvalue weighted by Crippen LogP contribution is -1.99. The van der Waals surface area contributed by atoms with Gasteiger partial charge in [0.2, 0.25) is 0 Å². The van der Waals surface area contributed by atoms with Crippen LogP contribution in [-0.2, 0) is 6.61 Å². The standard InChI is InChI=1S/C14H14FNO2/c1-17-14-8-10(6-7-12(14)16)9-18-13-5-3-2-4-11(13)15/h2-8H,9,16H2,1H3. The van der Waals surface area contributed by atoms with Gasteiger partial charge in [-0.1, -0.05) is 18.2 Å². The van der Waals surface area contributed by atoms with Crippen LogP contribution in [0.4, 0.5) is 10.1 Å². The predicted molar refractivity (Wildman–Crippen MR) is 68.1 cm³/mol. The number of nitrogens with two attached hydrogens (primary N) is 1. The Labute approximate surface area is 105 Å². The molecule has 0 bridgehead atoms. The van der Waals surface area contributed by atoms with E-state index in [9.17, 15) is 4.39 Å². The summed E-state index contributed by atoms with van der Waals surface area (Å²) in [6.45, 7) is 0.261. The molecule has 3 nitrogen and oxygen atoms in total. The number of nitrogen functional groups attached to an aromatic ring is 1. The SMILES string of the molecule is COc1cc(COc2ccccc2F)ccc1N. The van der Waals surface area contributed by atoms with Crippen molar-refractivity contribution in [3.05, 3.63) is 53.8 Å². The third-order valence-electron chi connectivity index (χ3n) is 2.53. The number of ether oxygens (including phenoxy) is 2. The Morgan fingerprint density at radius 2 is 1.89 bits per heavy atom. The molecule has 2 aromatic rings. The van der Waals surface area contributed by atoms with Crippen molar-refractivity contribution in [2.45, 2.75) is 6.61 Å². The molecule has 0 fully saturated rings. The van der Waals surface area contributed by atoms with Crippen molar-refractivity contribution < 1.29 is 13.9 Å². The minimum absolute atomic E-state index is 0.230. The molecule has 18 heavy (non-hydrogen) atoms. The summed E-state index contributed by atoms with van der Waals surface area (Å²) in [5, 5.41) is 0. The second kappa shape index (κ2) is 5.40. The first-order valence-electron chi connectivity index (χ1n) is 5.50. The topological polar surface area (TPSA) is 44.5 Å². The summed E-state index contributed by atoms with van der Waals surface area (Å²) >= 11 is 0. The molecule has 0 spiro atoms. The van der Waals surface area contributed by atoms with Gasteiger partial charge in [-0.2, -0.15) is 0 Å². The Morgan fingerprint density at radius 1 is 1.11 bits per heavy atom. The molecule has 0 heterocycles. The molecule has 2 rings (SSSR count). The number of para-hydroxylation sites is 1. The van der Waals surface area contributed by atoms with Gasteiger partial charge in [0.25, 0.3) is 0 Å². The maximum Gasteiger partial charge on any atom is 0.165 e. The van der Waals surface area contributed by atoms with Crippen molar-refractivity contribution in [2.75, 3.05) is 12.8 Å². The van der Waals surface area contributed by atoms with Crippen molar-refractivity contribution in [3.8, 4) is 11.5 Å². The fourth-order valence-corrected chi connectivity index (χ4v) is 1.57. The third kappa shape index (κ3) is 2.71. The highest BCUT2D eigenvalue weighted by molar-refractivity contribution is 5.53. The number of benzene rings is 2. The number of anilines is 1. The van der Waals surface area contributed by atoms with Crippen LogP contribution >= 0.6 is 0 Å². The lowest BCUT2D eigenvalue weighted by molar-refractivity contribution is 0.289. The van der Waals surface area contributed by atoms with Crippen LogP contribution in [0.1, 0.15) is 5.56 Å². The predicted octanol–water partition coefficient (Wildman–Crippen LogP) is 3.00. The summed E-state index contributed by atoms with van der Waals surface area (Å²) in [5.74, 6) is 0.442. The summed E-state index contributed by atoms with van der Waals surface area (Å²) in [6.07, 6.45) is 0. The molecule has 0 aliphatic carbocycles. The van der Waals surface area contributed by atoms with E-state index in [0.29, 0.717) is 11.4 Å². The van der Waals surface area contributed by atoms with Crippen LogP contribution in [0.15, 0.2) is 42.5 Å². The maximum absolute atomic E-state index is 13.3. The number of methoxy groups -OCH3 is 1. The second-order valence-electron chi connectivity index (χ2n) is 3.80. The van der Waals surface area contributed by atoms with Crippen LogP contribution in [0.3, 0.4) is 0 Å². The van der Waals surface area contributed by atoms with E-state index in [1.54, 1.807) is 37.4 Å². The van der Waals surface area contributed by atoms with Crippen molar-refractivity contribution in [1.29, 1.82) is 0 Å². The molecule has 0 saturated heterocycles. The van der Waals surface area contributed by atoms with Crippen molar-refractivity contribution >= 4 is 5.69 Å². The number of halogens is 1. The van der Waals surface area contributed by atoms with E-state index in [1.165, 1.54) is 6.07 Å². The van der Waals surface area contributed by atoms with Gasteiger partial charge in [0.05, 0.1) is 12.8 Å². The summed E-state index contributed by atoms with van der Waals surface area (Å²) < 4.78 is 23.8. The van der Waals surface area contributed by atoms with Crippen molar-refractivity contribution in [1.82, 2.24) is 0 Å². The third-order valence-corrected chi connectivity index (χ3v) is 2.53. The lowest BCUT2D eigenvalue weighted by atomic mass is 10.2. The van der Waals surface area contributed by atoms with Crippen molar-refractivity contribution in [3.63, 3.8) is 0 Å². The molecule has 0 atom stereocenters. The molecule has 0 aromatic heterocycles. The van der Waals surface area contributed by atoms with Crippen LogP contribution in [0, 0.1) is 5.82 Å². The fraction of sp³-hybridized carbons (Fsp3) is 0.143. The van der Waals surface area contributed by atoms with Crippen molar-refractivity contribution in [2.24, 2.45) is 0 Å². The fourth-order valence-electron chi connectivity index (χ4n) is 1.57. The Bertz CT molecular complexity index is 543. The molecule has 0 unspecified atom stereocenters. The average Bonchev–Trinajstić information content (AvgIpc) is 2.39. The van der Waals surface area contributed by atoms with Gasteiger partial charge in [-0.25, -0.2) is 4.39 Å². The molecule has 0 amide bonds. The Kier molecular flexibility index (Phi) is 3.67. The van der Waals surface area contributed by atoms with E-state index < -0.39 is 0 Å². The Hall–Kier alpha value is -2.23. The van der Waals surface area contributed by atoms with Crippen LogP contribution in [-0.4, -0.2) is 7.11 Å². The summed E-state index contributed by atoms with van der Waals surface area (Å²) in [7, 11) is 1.55. The molecule has 0 aliphatic rings. The molecular formula is C14H14FNO2. The van der Waals surface area contributed by atoms with Gasteiger partial charge < -0.3 is 15.2 Å². The van der Waals surface area contributed by atoms with Gasteiger partial charge in [0, 0.05) is 0 Å². The zero-order chi connectivity index (χ0) is 13.0. The first-order valence-corrected chi connectivity index (χ1v) is 5.50.